The Morgan fingerprint density at radius 3 is 2.53 bits per heavy atom. The van der Waals surface area contributed by atoms with E-state index >= 15 is 0 Å². The van der Waals surface area contributed by atoms with Crippen LogP contribution in [0.2, 0.25) is 5.02 Å². The summed E-state index contributed by atoms with van der Waals surface area (Å²) in [7, 11) is 1.54. The van der Waals surface area contributed by atoms with Crippen molar-refractivity contribution in [1.29, 1.82) is 0 Å². The summed E-state index contributed by atoms with van der Waals surface area (Å²) < 4.78 is 17.3. The van der Waals surface area contributed by atoms with Crippen molar-refractivity contribution in [2.24, 2.45) is 0 Å². The molecule has 6 nitrogen and oxygen atoms in total. The first-order valence-electron chi connectivity index (χ1n) is 11.6. The Kier molecular flexibility index (Phi) is 6.29. The van der Waals surface area contributed by atoms with Crippen LogP contribution in [0, 0.1) is 0 Å². The van der Waals surface area contributed by atoms with E-state index in [1.807, 2.05) is 30.3 Å². The normalized spacial score (nSPS) is 14.7. The molecule has 1 aliphatic heterocycles. The van der Waals surface area contributed by atoms with Crippen LogP contribution in [-0.2, 0) is 6.42 Å². The maximum Gasteiger partial charge on any atom is 0.295 e. The molecule has 4 aromatic rings. The highest BCUT2D eigenvalue weighted by Crippen LogP contribution is 2.43. The third kappa shape index (κ3) is 3.93. The van der Waals surface area contributed by atoms with Gasteiger partial charge in [0, 0.05) is 10.7 Å². The molecule has 0 saturated heterocycles. The van der Waals surface area contributed by atoms with Gasteiger partial charge in [0.15, 0.2) is 16.9 Å². The summed E-state index contributed by atoms with van der Waals surface area (Å²) >= 11 is 6.18. The first kappa shape index (κ1) is 23.7. The summed E-state index contributed by atoms with van der Waals surface area (Å²) in [6.07, 6.45) is 2.51. The van der Waals surface area contributed by atoms with Crippen LogP contribution in [-0.4, -0.2) is 19.6 Å². The van der Waals surface area contributed by atoms with E-state index in [2.05, 4.69) is 13.5 Å². The second-order valence-corrected chi connectivity index (χ2v) is 8.86. The van der Waals surface area contributed by atoms with E-state index in [-0.39, 0.29) is 22.7 Å². The maximum atomic E-state index is 13.8. The van der Waals surface area contributed by atoms with Crippen LogP contribution in [0.5, 0.6) is 11.5 Å². The van der Waals surface area contributed by atoms with E-state index in [4.69, 9.17) is 25.5 Å². The van der Waals surface area contributed by atoms with Crippen molar-refractivity contribution >= 4 is 34.2 Å². The average Bonchev–Trinajstić information content (AvgIpc) is 3.20. The first-order chi connectivity index (χ1) is 17.5. The van der Waals surface area contributed by atoms with E-state index < -0.39 is 6.04 Å². The predicted molar refractivity (Wildman–Crippen MR) is 141 cm³/mol. The number of anilines is 1. The highest BCUT2D eigenvalue weighted by molar-refractivity contribution is 6.31. The minimum Gasteiger partial charge on any atom is -0.493 e. The van der Waals surface area contributed by atoms with Crippen molar-refractivity contribution in [1.82, 2.24) is 0 Å². The lowest BCUT2D eigenvalue weighted by molar-refractivity contribution is 0.0971. The number of carbonyl (C=O) groups excluding carboxylic acids is 1. The lowest BCUT2D eigenvalue weighted by Crippen LogP contribution is -2.29. The molecule has 1 aliphatic rings. The van der Waals surface area contributed by atoms with Gasteiger partial charge in [-0.05, 0) is 60.0 Å². The third-order valence-electron chi connectivity index (χ3n) is 6.32. The molecule has 1 unspecified atom stereocenters. The van der Waals surface area contributed by atoms with Crippen molar-refractivity contribution in [3.8, 4) is 11.5 Å². The number of hydrogen-bond acceptors (Lipinski definition) is 5. The minimum atomic E-state index is -0.734. The predicted octanol–water partition coefficient (Wildman–Crippen LogP) is 6.33. The lowest BCUT2D eigenvalue weighted by Gasteiger charge is -2.26. The molecule has 7 heteroatoms. The topological polar surface area (TPSA) is 69.0 Å². The molecule has 1 aromatic heterocycles. The number of methoxy groups -OCH3 is 1. The van der Waals surface area contributed by atoms with Gasteiger partial charge in [-0.1, -0.05) is 49.4 Å². The number of aryl methyl sites for hydroxylation is 1. The van der Waals surface area contributed by atoms with Crippen LogP contribution in [0.15, 0.2) is 82.5 Å². The molecule has 5 rings (SSSR count). The van der Waals surface area contributed by atoms with E-state index in [0.717, 1.165) is 12.0 Å². The van der Waals surface area contributed by atoms with Crippen molar-refractivity contribution in [3.05, 3.63) is 111 Å². The fourth-order valence-corrected chi connectivity index (χ4v) is 4.71. The summed E-state index contributed by atoms with van der Waals surface area (Å²) in [5.41, 5.74) is 2.74. The quantitative estimate of drug-likeness (QED) is 0.277. The summed E-state index contributed by atoms with van der Waals surface area (Å²) in [4.78, 5) is 29.1. The number of nitrogens with zero attached hydrogens (tertiary/aromatic N) is 1. The lowest BCUT2D eigenvalue weighted by atomic mass is 9.97. The molecule has 0 radical (unpaired) electrons. The Morgan fingerprint density at radius 1 is 1.06 bits per heavy atom. The third-order valence-corrected chi connectivity index (χ3v) is 6.55. The highest BCUT2D eigenvalue weighted by atomic mass is 35.5. The fourth-order valence-electron chi connectivity index (χ4n) is 4.54. The number of benzene rings is 3. The van der Waals surface area contributed by atoms with Crippen LogP contribution in [0.25, 0.3) is 11.0 Å². The summed E-state index contributed by atoms with van der Waals surface area (Å²) in [5, 5.41) is 0.730. The van der Waals surface area contributed by atoms with Gasteiger partial charge in [-0.2, -0.15) is 0 Å². The molecule has 1 amide bonds. The molecule has 0 saturated carbocycles. The maximum absolute atomic E-state index is 13.8. The number of amides is 1. The Hall–Kier alpha value is -4.03. The summed E-state index contributed by atoms with van der Waals surface area (Å²) in [5.74, 6) is 0.635. The number of ether oxygens (including phenoxy) is 2. The first-order valence-corrected chi connectivity index (χ1v) is 11.9. The van der Waals surface area contributed by atoms with Gasteiger partial charge in [0.1, 0.15) is 12.2 Å². The zero-order valence-electron chi connectivity index (χ0n) is 19.9. The standard InChI is InChI=1S/C29H24ClNO5/c1-4-14-35-23-12-8-18(15-24(23)34-3)26-25-27(32)21-16-19(30)9-13-22(21)36-28(25)29(33)31(26)20-10-6-17(5-2)7-11-20/h4,6-13,15-16,26H,1,5,14H2,2-3H3. The highest BCUT2D eigenvalue weighted by Gasteiger charge is 2.44. The van der Waals surface area contributed by atoms with E-state index in [1.165, 1.54) is 0 Å². The SMILES string of the molecule is C=CCOc1ccc(C2c3c(oc4ccc(Cl)cc4c3=O)C(=O)N2c2ccc(CC)cc2)cc1OC. The van der Waals surface area contributed by atoms with Crippen LogP contribution in [0.1, 0.15) is 40.2 Å². The van der Waals surface area contributed by atoms with E-state index in [1.54, 1.807) is 48.4 Å². The van der Waals surface area contributed by atoms with Crippen molar-refractivity contribution in [2.75, 3.05) is 18.6 Å². The molecule has 2 heterocycles. The van der Waals surface area contributed by atoms with Gasteiger partial charge < -0.3 is 13.9 Å². The molecular weight excluding hydrogens is 478 g/mol. The van der Waals surface area contributed by atoms with Gasteiger partial charge in [0.25, 0.3) is 5.91 Å². The monoisotopic (exact) mass is 501 g/mol. The van der Waals surface area contributed by atoms with Gasteiger partial charge in [0.2, 0.25) is 5.76 Å². The van der Waals surface area contributed by atoms with E-state index in [0.29, 0.717) is 45.3 Å². The molecule has 3 aromatic carbocycles. The van der Waals surface area contributed by atoms with Crippen molar-refractivity contribution < 1.29 is 18.7 Å². The second kappa shape index (κ2) is 9.55. The molecule has 36 heavy (non-hydrogen) atoms. The Morgan fingerprint density at radius 2 is 1.83 bits per heavy atom. The summed E-state index contributed by atoms with van der Waals surface area (Å²) in [6, 6.07) is 17.1. The Balaban J connectivity index is 1.75. The average molecular weight is 502 g/mol. The second-order valence-electron chi connectivity index (χ2n) is 8.42. The smallest absolute Gasteiger partial charge is 0.295 e. The van der Waals surface area contributed by atoms with Crippen LogP contribution in [0.4, 0.5) is 5.69 Å². The molecule has 0 fully saturated rings. The fraction of sp³-hybridized carbons (Fsp3) is 0.172. The summed E-state index contributed by atoms with van der Waals surface area (Å²) in [6.45, 7) is 6.06. The molecule has 0 aliphatic carbocycles. The number of rotatable bonds is 7. The van der Waals surface area contributed by atoms with Crippen LogP contribution in [0.3, 0.4) is 0 Å². The van der Waals surface area contributed by atoms with E-state index in [9.17, 15) is 9.59 Å². The van der Waals surface area contributed by atoms with Crippen molar-refractivity contribution in [3.63, 3.8) is 0 Å². The van der Waals surface area contributed by atoms with Crippen LogP contribution < -0.4 is 19.8 Å². The van der Waals surface area contributed by atoms with Crippen LogP contribution >= 0.6 is 11.6 Å². The number of carbonyl (C=O) groups is 1. The number of halogens is 1. The minimum absolute atomic E-state index is 0.0188. The molecule has 0 spiro atoms. The molecular formula is C29H24ClNO5. The largest absolute Gasteiger partial charge is 0.493 e. The van der Waals surface area contributed by atoms with Gasteiger partial charge in [-0.15, -0.1) is 0 Å². The van der Waals surface area contributed by atoms with Gasteiger partial charge in [0.05, 0.1) is 24.1 Å². The van der Waals surface area contributed by atoms with Crippen molar-refractivity contribution in [2.45, 2.75) is 19.4 Å². The Labute approximate surface area is 213 Å². The zero-order chi connectivity index (χ0) is 25.4. The van der Waals surface area contributed by atoms with Gasteiger partial charge >= 0.3 is 0 Å². The molecule has 0 N–H and O–H groups in total. The molecule has 0 bridgehead atoms. The van der Waals surface area contributed by atoms with Gasteiger partial charge in [-0.3, -0.25) is 14.5 Å². The number of fused-ring (bicyclic) bond motifs is 2. The Bertz CT molecular complexity index is 1540. The molecule has 182 valence electrons. The zero-order valence-corrected chi connectivity index (χ0v) is 20.7. The number of hydrogen-bond donors (Lipinski definition) is 0. The van der Waals surface area contributed by atoms with Gasteiger partial charge in [-0.25, -0.2) is 0 Å². The molecule has 1 atom stereocenters.